The van der Waals surface area contributed by atoms with Gasteiger partial charge in [-0.05, 0) is 36.1 Å². The predicted octanol–water partition coefficient (Wildman–Crippen LogP) is 2.11. The van der Waals surface area contributed by atoms with Crippen LogP contribution < -0.4 is 10.4 Å². The van der Waals surface area contributed by atoms with E-state index in [4.69, 9.17) is 9.15 Å². The fourth-order valence-corrected chi connectivity index (χ4v) is 1.48. The number of fused-ring (bicyclic) bond motifs is 1. The van der Waals surface area contributed by atoms with Gasteiger partial charge in [0.1, 0.15) is 5.75 Å². The Bertz CT molecular complexity index is 526. The quantitative estimate of drug-likeness (QED) is 0.691. The van der Waals surface area contributed by atoms with Crippen molar-refractivity contribution in [1.82, 2.24) is 0 Å². The molecule has 1 aromatic carbocycles. The fraction of sp³-hybridized carbons (Fsp3) is 0.182. The molecule has 3 nitrogen and oxygen atoms in total. The molecular weight excluding hydrogens is 180 g/mol. The molecule has 0 aliphatic carbocycles. The average Bonchev–Trinajstić information content (AvgIpc) is 2.17. The molecule has 0 spiro atoms. The van der Waals surface area contributed by atoms with Gasteiger partial charge in [0.15, 0.2) is 0 Å². The van der Waals surface area contributed by atoms with E-state index in [1.807, 2.05) is 13.0 Å². The summed E-state index contributed by atoms with van der Waals surface area (Å²) in [5, 5.41) is 1.43. The highest BCUT2D eigenvalue weighted by atomic mass is 16.5. The van der Waals surface area contributed by atoms with Crippen LogP contribution in [0.4, 0.5) is 0 Å². The molecule has 1 heterocycles. The highest BCUT2D eigenvalue weighted by Gasteiger charge is 2.04. The maximum atomic E-state index is 11.3. The fourth-order valence-electron chi connectivity index (χ4n) is 1.48. The second kappa shape index (κ2) is 3.18. The van der Waals surface area contributed by atoms with Gasteiger partial charge in [-0.3, -0.25) is 0 Å². The lowest BCUT2D eigenvalue weighted by atomic mass is 10.1. The van der Waals surface area contributed by atoms with Crippen LogP contribution in [0.3, 0.4) is 0 Å². The molecule has 0 saturated heterocycles. The minimum Gasteiger partial charge on any atom is -0.496 e. The van der Waals surface area contributed by atoms with E-state index in [1.54, 1.807) is 19.2 Å². The second-order valence-corrected chi connectivity index (χ2v) is 3.12. The molecule has 1 aromatic heterocycles. The van der Waals surface area contributed by atoms with Crippen molar-refractivity contribution in [2.75, 3.05) is 7.11 Å². The molecule has 2 aromatic rings. The largest absolute Gasteiger partial charge is 0.496 e. The van der Waals surface area contributed by atoms with Crippen molar-refractivity contribution in [2.24, 2.45) is 0 Å². The van der Waals surface area contributed by atoms with Crippen LogP contribution in [0.2, 0.25) is 0 Å². The van der Waals surface area contributed by atoms with Crippen LogP contribution in [0.25, 0.3) is 10.8 Å². The monoisotopic (exact) mass is 190 g/mol. The van der Waals surface area contributed by atoms with Crippen LogP contribution >= 0.6 is 0 Å². The van der Waals surface area contributed by atoms with Crippen molar-refractivity contribution in [3.8, 4) is 5.75 Å². The minimum absolute atomic E-state index is 0.333. The number of benzene rings is 1. The lowest BCUT2D eigenvalue weighted by Crippen LogP contribution is -1.99. The third-order valence-corrected chi connectivity index (χ3v) is 2.21. The van der Waals surface area contributed by atoms with Gasteiger partial charge in [-0.1, -0.05) is 0 Å². The molecule has 0 aliphatic rings. The Labute approximate surface area is 80.9 Å². The van der Waals surface area contributed by atoms with E-state index in [2.05, 4.69) is 0 Å². The van der Waals surface area contributed by atoms with E-state index in [1.165, 1.54) is 6.26 Å². The number of ether oxygens (including phenoxy) is 1. The zero-order chi connectivity index (χ0) is 10.1. The molecule has 14 heavy (non-hydrogen) atoms. The molecule has 0 unspecified atom stereocenters. The van der Waals surface area contributed by atoms with Crippen LogP contribution in [0.5, 0.6) is 5.75 Å². The summed E-state index contributed by atoms with van der Waals surface area (Å²) in [6, 6.07) is 5.38. The average molecular weight is 190 g/mol. The molecule has 0 atom stereocenters. The molecule has 0 aliphatic heterocycles. The summed E-state index contributed by atoms with van der Waals surface area (Å²) in [4.78, 5) is 11.3. The Hall–Kier alpha value is -1.77. The van der Waals surface area contributed by atoms with Gasteiger partial charge in [-0.25, -0.2) is 4.79 Å². The molecule has 72 valence electrons. The van der Waals surface area contributed by atoms with Gasteiger partial charge in [0.05, 0.1) is 18.8 Å². The first-order valence-corrected chi connectivity index (χ1v) is 4.28. The standard InChI is InChI=1S/C11H10O3/c1-7-5-8-3-4-14-11(12)9(8)6-10(7)13-2/h3-6H,1-2H3. The molecule has 0 saturated carbocycles. The van der Waals surface area contributed by atoms with Crippen molar-refractivity contribution >= 4 is 10.8 Å². The van der Waals surface area contributed by atoms with E-state index in [9.17, 15) is 4.79 Å². The molecule has 2 rings (SSSR count). The van der Waals surface area contributed by atoms with Gasteiger partial charge in [-0.15, -0.1) is 0 Å². The lowest BCUT2D eigenvalue weighted by molar-refractivity contribution is 0.412. The topological polar surface area (TPSA) is 39.4 Å². The summed E-state index contributed by atoms with van der Waals surface area (Å²) in [7, 11) is 1.58. The number of rotatable bonds is 1. The van der Waals surface area contributed by atoms with E-state index >= 15 is 0 Å². The highest BCUT2D eigenvalue weighted by molar-refractivity contribution is 5.83. The molecule has 0 N–H and O–H groups in total. The summed E-state index contributed by atoms with van der Waals surface area (Å²) in [6.45, 7) is 1.94. The summed E-state index contributed by atoms with van der Waals surface area (Å²) in [6.07, 6.45) is 1.40. The molecular formula is C11H10O3. The van der Waals surface area contributed by atoms with Crippen LogP contribution in [0.15, 0.2) is 33.7 Å². The Balaban J connectivity index is 2.87. The maximum Gasteiger partial charge on any atom is 0.343 e. The van der Waals surface area contributed by atoms with E-state index in [-0.39, 0.29) is 5.63 Å². The zero-order valence-electron chi connectivity index (χ0n) is 8.03. The first-order chi connectivity index (χ1) is 6.72. The number of hydrogen-bond donors (Lipinski definition) is 0. The molecule has 3 heteroatoms. The van der Waals surface area contributed by atoms with E-state index < -0.39 is 0 Å². The van der Waals surface area contributed by atoms with Crippen molar-refractivity contribution in [3.05, 3.63) is 40.4 Å². The van der Waals surface area contributed by atoms with Gasteiger partial charge < -0.3 is 9.15 Å². The van der Waals surface area contributed by atoms with E-state index in [0.29, 0.717) is 11.1 Å². The smallest absolute Gasteiger partial charge is 0.343 e. The number of methoxy groups -OCH3 is 1. The predicted molar refractivity (Wildman–Crippen MR) is 53.8 cm³/mol. The van der Waals surface area contributed by atoms with Crippen molar-refractivity contribution in [3.63, 3.8) is 0 Å². The SMILES string of the molecule is COc1cc2c(=O)occc2cc1C. The van der Waals surface area contributed by atoms with Crippen LogP contribution in [-0.2, 0) is 0 Å². The molecule has 0 bridgehead atoms. The summed E-state index contributed by atoms with van der Waals surface area (Å²) in [5.74, 6) is 0.705. The normalized spacial score (nSPS) is 10.4. The van der Waals surface area contributed by atoms with Crippen LogP contribution in [0.1, 0.15) is 5.56 Å². The third-order valence-electron chi connectivity index (χ3n) is 2.21. The Morgan fingerprint density at radius 1 is 1.36 bits per heavy atom. The molecule has 0 amide bonds. The Kier molecular flexibility index (Phi) is 2.00. The zero-order valence-corrected chi connectivity index (χ0v) is 8.03. The van der Waals surface area contributed by atoms with Gasteiger partial charge in [0, 0.05) is 0 Å². The summed E-state index contributed by atoms with van der Waals surface area (Å²) >= 11 is 0. The highest BCUT2D eigenvalue weighted by Crippen LogP contribution is 2.22. The number of hydrogen-bond acceptors (Lipinski definition) is 3. The van der Waals surface area contributed by atoms with Crippen molar-refractivity contribution < 1.29 is 9.15 Å². The third kappa shape index (κ3) is 1.27. The van der Waals surface area contributed by atoms with Crippen molar-refractivity contribution in [2.45, 2.75) is 6.92 Å². The summed E-state index contributed by atoms with van der Waals surface area (Å²) < 4.78 is 9.90. The Morgan fingerprint density at radius 2 is 2.14 bits per heavy atom. The summed E-state index contributed by atoms with van der Waals surface area (Å²) in [5.41, 5.74) is 0.673. The van der Waals surface area contributed by atoms with Crippen LogP contribution in [-0.4, -0.2) is 7.11 Å². The minimum atomic E-state index is -0.333. The van der Waals surface area contributed by atoms with Crippen molar-refractivity contribution in [1.29, 1.82) is 0 Å². The van der Waals surface area contributed by atoms with E-state index in [0.717, 1.165) is 10.9 Å². The molecule has 0 radical (unpaired) electrons. The Morgan fingerprint density at radius 3 is 2.86 bits per heavy atom. The lowest BCUT2D eigenvalue weighted by Gasteiger charge is -2.05. The van der Waals surface area contributed by atoms with Gasteiger partial charge in [-0.2, -0.15) is 0 Å². The molecule has 0 fully saturated rings. The first kappa shape index (κ1) is 8.81. The van der Waals surface area contributed by atoms with Crippen LogP contribution in [0, 0.1) is 6.92 Å². The maximum absolute atomic E-state index is 11.3. The second-order valence-electron chi connectivity index (χ2n) is 3.12. The number of aryl methyl sites for hydroxylation is 1. The van der Waals surface area contributed by atoms with Gasteiger partial charge in [0.2, 0.25) is 0 Å². The van der Waals surface area contributed by atoms with Gasteiger partial charge in [0.25, 0.3) is 0 Å². The first-order valence-electron chi connectivity index (χ1n) is 4.28. The van der Waals surface area contributed by atoms with Gasteiger partial charge >= 0.3 is 5.63 Å².